The van der Waals surface area contributed by atoms with Gasteiger partial charge >= 0.3 is 0 Å². The number of hydrogen-bond donors (Lipinski definition) is 0. The molecule has 0 fully saturated rings. The molecule has 0 amide bonds. The van der Waals surface area contributed by atoms with Crippen molar-refractivity contribution >= 4 is 5.97 Å². The van der Waals surface area contributed by atoms with Crippen LogP contribution in [0.3, 0.4) is 0 Å². The van der Waals surface area contributed by atoms with Gasteiger partial charge < -0.3 is 14.6 Å². The number of benzene rings is 1. The summed E-state index contributed by atoms with van der Waals surface area (Å²) in [4.78, 5) is 10.5. The van der Waals surface area contributed by atoms with E-state index in [0.29, 0.717) is 0 Å². The average molecular weight is 163 g/mol. The first-order valence-electron chi connectivity index (χ1n) is 3.33. The molecule has 0 atom stereocenters. The van der Waals surface area contributed by atoms with Crippen LogP contribution in [0.15, 0.2) is 37.1 Å². The quantitative estimate of drug-likeness (QED) is 0.612. The molecular formula is C9H7O3-. The van der Waals surface area contributed by atoms with Crippen LogP contribution in [-0.4, -0.2) is 5.97 Å². The van der Waals surface area contributed by atoms with Crippen LogP contribution in [0, 0.1) is 0 Å². The summed E-state index contributed by atoms with van der Waals surface area (Å²) >= 11 is 0. The van der Waals surface area contributed by atoms with Crippen LogP contribution >= 0.6 is 0 Å². The molecule has 0 heterocycles. The number of hydrogen-bond acceptors (Lipinski definition) is 3. The van der Waals surface area contributed by atoms with Crippen molar-refractivity contribution in [1.29, 1.82) is 0 Å². The molecule has 0 unspecified atom stereocenters. The lowest BCUT2D eigenvalue weighted by molar-refractivity contribution is -0.255. The molecule has 1 rings (SSSR count). The van der Waals surface area contributed by atoms with Crippen LogP contribution in [0.1, 0.15) is 10.4 Å². The molecule has 0 aliphatic rings. The lowest BCUT2D eigenvalue weighted by atomic mass is 10.2. The van der Waals surface area contributed by atoms with Gasteiger partial charge in [-0.3, -0.25) is 0 Å². The number of ether oxygens (including phenoxy) is 1. The summed E-state index contributed by atoms with van der Waals surface area (Å²) in [6.07, 6.45) is 1.17. The summed E-state index contributed by atoms with van der Waals surface area (Å²) in [6, 6.07) is 6.22. The zero-order chi connectivity index (χ0) is 8.97. The fraction of sp³-hybridized carbons (Fsp3) is 0. The zero-order valence-electron chi connectivity index (χ0n) is 6.32. The van der Waals surface area contributed by atoms with Crippen molar-refractivity contribution in [2.24, 2.45) is 0 Å². The fourth-order valence-electron chi connectivity index (χ4n) is 0.828. The van der Waals surface area contributed by atoms with Crippen LogP contribution < -0.4 is 9.84 Å². The van der Waals surface area contributed by atoms with E-state index in [2.05, 4.69) is 6.58 Å². The number of carboxylic acid groups (broad SMARTS) is 1. The Balaban J connectivity index is 3.07. The van der Waals surface area contributed by atoms with E-state index in [4.69, 9.17) is 4.74 Å². The Labute approximate surface area is 69.9 Å². The van der Waals surface area contributed by atoms with E-state index in [1.165, 1.54) is 18.4 Å². The summed E-state index contributed by atoms with van der Waals surface area (Å²) < 4.78 is 4.84. The van der Waals surface area contributed by atoms with Crippen LogP contribution in [0.4, 0.5) is 0 Å². The minimum atomic E-state index is -1.26. The van der Waals surface area contributed by atoms with Crippen molar-refractivity contribution in [3.05, 3.63) is 42.7 Å². The Hall–Kier alpha value is -1.77. The molecular weight excluding hydrogens is 156 g/mol. The van der Waals surface area contributed by atoms with E-state index in [0.717, 1.165) is 0 Å². The molecule has 0 aliphatic carbocycles. The van der Waals surface area contributed by atoms with Gasteiger partial charge in [-0.2, -0.15) is 0 Å². The molecule has 0 aromatic heterocycles. The predicted octanol–water partition coefficient (Wildman–Crippen LogP) is 0.572. The van der Waals surface area contributed by atoms with Gasteiger partial charge in [-0.25, -0.2) is 0 Å². The molecule has 0 saturated carbocycles. The van der Waals surface area contributed by atoms with Gasteiger partial charge in [0.05, 0.1) is 12.2 Å². The lowest BCUT2D eigenvalue weighted by Gasteiger charge is -2.07. The highest BCUT2D eigenvalue weighted by molar-refractivity contribution is 5.89. The van der Waals surface area contributed by atoms with Crippen molar-refractivity contribution in [3.63, 3.8) is 0 Å². The molecule has 12 heavy (non-hydrogen) atoms. The SMILES string of the molecule is C=COc1ccccc1C(=O)[O-]. The first kappa shape index (κ1) is 8.33. The Morgan fingerprint density at radius 2 is 2.17 bits per heavy atom. The second-order valence-electron chi connectivity index (χ2n) is 2.07. The monoisotopic (exact) mass is 163 g/mol. The molecule has 0 aliphatic heterocycles. The van der Waals surface area contributed by atoms with Crippen LogP contribution in [0.2, 0.25) is 0 Å². The van der Waals surface area contributed by atoms with E-state index in [1.807, 2.05) is 0 Å². The minimum Gasteiger partial charge on any atom is -0.545 e. The summed E-state index contributed by atoms with van der Waals surface area (Å²) in [5, 5.41) is 10.5. The van der Waals surface area contributed by atoms with Crippen molar-refractivity contribution in [2.75, 3.05) is 0 Å². The van der Waals surface area contributed by atoms with E-state index in [-0.39, 0.29) is 11.3 Å². The average Bonchev–Trinajstić information content (AvgIpc) is 2.05. The van der Waals surface area contributed by atoms with Crippen molar-refractivity contribution in [3.8, 4) is 5.75 Å². The lowest BCUT2D eigenvalue weighted by Crippen LogP contribution is -2.22. The number of para-hydroxylation sites is 1. The second-order valence-corrected chi connectivity index (χ2v) is 2.07. The van der Waals surface area contributed by atoms with Gasteiger partial charge in [-0.05, 0) is 12.1 Å². The summed E-state index contributed by atoms with van der Waals surface area (Å²) in [6.45, 7) is 3.32. The molecule has 0 saturated heterocycles. The number of carbonyl (C=O) groups excluding carboxylic acids is 1. The molecule has 62 valence electrons. The topological polar surface area (TPSA) is 49.4 Å². The number of carbonyl (C=O) groups is 1. The van der Waals surface area contributed by atoms with Gasteiger partial charge in [-0.1, -0.05) is 18.7 Å². The molecule has 3 nitrogen and oxygen atoms in total. The first-order chi connectivity index (χ1) is 5.75. The van der Waals surface area contributed by atoms with Crippen molar-refractivity contribution < 1.29 is 14.6 Å². The van der Waals surface area contributed by atoms with E-state index < -0.39 is 5.97 Å². The van der Waals surface area contributed by atoms with E-state index >= 15 is 0 Å². The Bertz CT molecular complexity index is 304. The molecule has 3 heteroatoms. The third kappa shape index (κ3) is 1.63. The molecule has 0 spiro atoms. The molecule has 1 aromatic rings. The molecule has 0 bridgehead atoms. The highest BCUT2D eigenvalue weighted by Gasteiger charge is 2.00. The summed E-state index contributed by atoms with van der Waals surface area (Å²) in [5.41, 5.74) is 0.0254. The Morgan fingerprint density at radius 1 is 1.50 bits per heavy atom. The molecule has 1 aromatic carbocycles. The van der Waals surface area contributed by atoms with E-state index in [1.54, 1.807) is 12.1 Å². The van der Waals surface area contributed by atoms with E-state index in [9.17, 15) is 9.90 Å². The Kier molecular flexibility index (Phi) is 2.48. The van der Waals surface area contributed by atoms with Crippen molar-refractivity contribution in [2.45, 2.75) is 0 Å². The van der Waals surface area contributed by atoms with Gasteiger partial charge in [-0.15, -0.1) is 0 Å². The van der Waals surface area contributed by atoms with Crippen LogP contribution in [0.5, 0.6) is 5.75 Å². The number of aromatic carboxylic acids is 1. The van der Waals surface area contributed by atoms with Gasteiger partial charge in [0.2, 0.25) is 0 Å². The van der Waals surface area contributed by atoms with Crippen molar-refractivity contribution in [1.82, 2.24) is 0 Å². The second kappa shape index (κ2) is 3.57. The maximum absolute atomic E-state index is 10.5. The number of carboxylic acids is 1. The Morgan fingerprint density at radius 3 is 2.75 bits per heavy atom. The molecule has 0 N–H and O–H groups in total. The summed E-state index contributed by atoms with van der Waals surface area (Å²) in [7, 11) is 0. The highest BCUT2D eigenvalue weighted by atomic mass is 16.5. The van der Waals surface area contributed by atoms with Crippen LogP contribution in [-0.2, 0) is 0 Å². The largest absolute Gasteiger partial charge is 0.545 e. The fourth-order valence-corrected chi connectivity index (χ4v) is 0.828. The zero-order valence-corrected chi connectivity index (χ0v) is 6.32. The van der Waals surface area contributed by atoms with Gasteiger partial charge in [0.15, 0.2) is 0 Å². The van der Waals surface area contributed by atoms with Gasteiger partial charge in [0.25, 0.3) is 0 Å². The van der Waals surface area contributed by atoms with Crippen LogP contribution in [0.25, 0.3) is 0 Å². The first-order valence-corrected chi connectivity index (χ1v) is 3.33. The van der Waals surface area contributed by atoms with Gasteiger partial charge in [0.1, 0.15) is 5.75 Å². The third-order valence-corrected chi connectivity index (χ3v) is 1.32. The normalized spacial score (nSPS) is 9.00. The minimum absolute atomic E-state index is 0.0254. The predicted molar refractivity (Wildman–Crippen MR) is 41.6 cm³/mol. The maximum Gasteiger partial charge on any atom is 0.135 e. The highest BCUT2D eigenvalue weighted by Crippen LogP contribution is 2.16. The molecule has 0 radical (unpaired) electrons. The van der Waals surface area contributed by atoms with Gasteiger partial charge in [0, 0.05) is 5.56 Å². The summed E-state index contributed by atoms with van der Waals surface area (Å²) in [5.74, 6) is -1.01. The number of rotatable bonds is 3. The maximum atomic E-state index is 10.5. The standard InChI is InChI=1S/C9H8O3/c1-2-12-8-6-4-3-5-7(8)9(10)11/h2-6H,1H2,(H,10,11)/p-1. The smallest absolute Gasteiger partial charge is 0.135 e. The third-order valence-electron chi connectivity index (χ3n) is 1.32.